The fourth-order valence-electron chi connectivity index (χ4n) is 2.33. The molecule has 0 radical (unpaired) electrons. The zero-order valence-electron chi connectivity index (χ0n) is 12.0. The van der Waals surface area contributed by atoms with Gasteiger partial charge in [0.15, 0.2) is 0 Å². The third-order valence-electron chi connectivity index (χ3n) is 3.55. The van der Waals surface area contributed by atoms with E-state index in [9.17, 15) is 9.59 Å². The summed E-state index contributed by atoms with van der Waals surface area (Å²) in [6.07, 6.45) is 4.32. The third kappa shape index (κ3) is 4.42. The number of pyridine rings is 1. The largest absolute Gasteiger partial charge is 0.379 e. The molecule has 1 aliphatic heterocycles. The molecule has 7 nitrogen and oxygen atoms in total. The average Bonchev–Trinajstić information content (AvgIpc) is 2.86. The maximum atomic E-state index is 11.9. The first-order valence-corrected chi connectivity index (χ1v) is 6.83. The molecule has 1 aromatic heterocycles. The Labute approximate surface area is 123 Å². The van der Waals surface area contributed by atoms with Gasteiger partial charge in [0.05, 0.1) is 19.3 Å². The number of nitrogens with zero attached hydrogens (tertiary/aromatic N) is 2. The van der Waals surface area contributed by atoms with Crippen LogP contribution in [0, 0.1) is 5.92 Å². The molecule has 1 saturated heterocycles. The Morgan fingerprint density at radius 1 is 1.43 bits per heavy atom. The molecule has 7 heteroatoms. The number of nitrogens with two attached hydrogens (primary N) is 1. The lowest BCUT2D eigenvalue weighted by Gasteiger charge is -2.21. The van der Waals surface area contributed by atoms with Crippen LogP contribution in [0.1, 0.15) is 5.56 Å². The van der Waals surface area contributed by atoms with Gasteiger partial charge in [0, 0.05) is 25.4 Å². The Hall–Kier alpha value is -2.15. The van der Waals surface area contributed by atoms with Crippen LogP contribution in [-0.2, 0) is 16.0 Å². The summed E-state index contributed by atoms with van der Waals surface area (Å²) in [5.74, 6) is -0.0123. The summed E-state index contributed by atoms with van der Waals surface area (Å²) in [4.78, 5) is 28.0. The molecule has 2 heterocycles. The molecular formula is C14H20N4O3. The molecule has 1 fully saturated rings. The van der Waals surface area contributed by atoms with Crippen LogP contribution in [0.5, 0.6) is 0 Å². The van der Waals surface area contributed by atoms with Gasteiger partial charge in [-0.05, 0) is 24.1 Å². The molecule has 0 spiro atoms. The van der Waals surface area contributed by atoms with Crippen LogP contribution in [0.3, 0.4) is 0 Å². The van der Waals surface area contributed by atoms with Crippen LogP contribution in [0.4, 0.5) is 4.79 Å². The van der Waals surface area contributed by atoms with E-state index in [0.29, 0.717) is 13.2 Å². The van der Waals surface area contributed by atoms with Crippen molar-refractivity contribution in [2.24, 2.45) is 11.7 Å². The predicted octanol–water partition coefficient (Wildman–Crippen LogP) is -0.234. The highest BCUT2D eigenvalue weighted by atomic mass is 16.5. The molecule has 0 bridgehead atoms. The summed E-state index contributed by atoms with van der Waals surface area (Å²) in [7, 11) is 1.49. The number of nitrogens with one attached hydrogen (secondary N) is 1. The standard InChI is InChI=1S/C14H20N4O3/c1-18(14(15)20)7-13(19)17-12-9-21-8-11(12)6-10-2-4-16-5-3-10/h2-5,11-12H,6-9H2,1H3,(H2,15,20)(H,17,19)/t11-,12+/m1/s1. The lowest BCUT2D eigenvalue weighted by Crippen LogP contribution is -2.46. The van der Waals surface area contributed by atoms with Crippen LogP contribution in [0.25, 0.3) is 0 Å². The van der Waals surface area contributed by atoms with Gasteiger partial charge in [-0.1, -0.05) is 0 Å². The van der Waals surface area contributed by atoms with Crippen molar-refractivity contribution in [3.63, 3.8) is 0 Å². The topological polar surface area (TPSA) is 97.6 Å². The summed E-state index contributed by atoms with van der Waals surface area (Å²) in [5.41, 5.74) is 6.26. The maximum absolute atomic E-state index is 11.9. The van der Waals surface area contributed by atoms with E-state index in [0.717, 1.165) is 12.0 Å². The van der Waals surface area contributed by atoms with Crippen molar-refractivity contribution < 1.29 is 14.3 Å². The summed E-state index contributed by atoms with van der Waals surface area (Å²) in [6.45, 7) is 1.05. The van der Waals surface area contributed by atoms with Crippen molar-refractivity contribution in [1.82, 2.24) is 15.2 Å². The van der Waals surface area contributed by atoms with E-state index >= 15 is 0 Å². The van der Waals surface area contributed by atoms with E-state index in [4.69, 9.17) is 10.5 Å². The van der Waals surface area contributed by atoms with Gasteiger partial charge < -0.3 is 20.7 Å². The van der Waals surface area contributed by atoms with Gasteiger partial charge in [0.2, 0.25) is 5.91 Å². The number of aromatic nitrogens is 1. The van der Waals surface area contributed by atoms with E-state index in [1.54, 1.807) is 12.4 Å². The molecule has 2 rings (SSSR count). The highest BCUT2D eigenvalue weighted by Gasteiger charge is 2.29. The first-order valence-electron chi connectivity index (χ1n) is 6.83. The number of urea groups is 1. The highest BCUT2D eigenvalue weighted by molar-refractivity contribution is 5.83. The van der Waals surface area contributed by atoms with Crippen molar-refractivity contribution >= 4 is 11.9 Å². The molecule has 0 aromatic carbocycles. The van der Waals surface area contributed by atoms with Gasteiger partial charge >= 0.3 is 6.03 Å². The Kier molecular flexibility index (Phi) is 5.10. The Balaban J connectivity index is 1.87. The summed E-state index contributed by atoms with van der Waals surface area (Å²) < 4.78 is 5.46. The number of hydrogen-bond donors (Lipinski definition) is 2. The Morgan fingerprint density at radius 2 is 2.14 bits per heavy atom. The fourth-order valence-corrected chi connectivity index (χ4v) is 2.33. The van der Waals surface area contributed by atoms with E-state index in [-0.39, 0.29) is 24.4 Å². The fraction of sp³-hybridized carbons (Fsp3) is 0.500. The number of rotatable bonds is 5. The molecule has 2 atom stereocenters. The molecule has 1 aliphatic rings. The van der Waals surface area contributed by atoms with E-state index in [2.05, 4.69) is 10.3 Å². The number of primary amides is 1. The molecular weight excluding hydrogens is 272 g/mol. The quantitative estimate of drug-likeness (QED) is 0.783. The van der Waals surface area contributed by atoms with Crippen LogP contribution in [-0.4, -0.2) is 54.7 Å². The molecule has 21 heavy (non-hydrogen) atoms. The van der Waals surface area contributed by atoms with Crippen LogP contribution in [0.15, 0.2) is 24.5 Å². The molecule has 114 valence electrons. The second kappa shape index (κ2) is 7.03. The number of carbonyl (C=O) groups excluding carboxylic acids is 2. The summed E-state index contributed by atoms with van der Waals surface area (Å²) in [5, 5.41) is 2.91. The van der Waals surface area contributed by atoms with Gasteiger partial charge in [-0.2, -0.15) is 0 Å². The van der Waals surface area contributed by atoms with Crippen molar-refractivity contribution in [2.75, 3.05) is 26.8 Å². The van der Waals surface area contributed by atoms with Crippen molar-refractivity contribution in [3.05, 3.63) is 30.1 Å². The van der Waals surface area contributed by atoms with Gasteiger partial charge in [-0.3, -0.25) is 9.78 Å². The Morgan fingerprint density at radius 3 is 2.81 bits per heavy atom. The van der Waals surface area contributed by atoms with Gasteiger partial charge in [0.1, 0.15) is 6.54 Å². The average molecular weight is 292 g/mol. The summed E-state index contributed by atoms with van der Waals surface area (Å²) in [6, 6.07) is 3.24. The van der Waals surface area contributed by atoms with E-state index in [1.807, 2.05) is 12.1 Å². The number of likely N-dealkylation sites (N-methyl/N-ethyl adjacent to an activating group) is 1. The monoisotopic (exact) mass is 292 g/mol. The van der Waals surface area contributed by atoms with E-state index in [1.165, 1.54) is 11.9 Å². The second-order valence-corrected chi connectivity index (χ2v) is 5.23. The minimum Gasteiger partial charge on any atom is -0.379 e. The molecule has 3 N–H and O–H groups in total. The molecule has 0 aliphatic carbocycles. The van der Waals surface area contributed by atoms with Crippen molar-refractivity contribution in [3.8, 4) is 0 Å². The zero-order valence-corrected chi connectivity index (χ0v) is 12.0. The number of ether oxygens (including phenoxy) is 1. The maximum Gasteiger partial charge on any atom is 0.314 e. The molecule has 0 saturated carbocycles. The lowest BCUT2D eigenvalue weighted by molar-refractivity contribution is -0.122. The molecule has 0 unspecified atom stereocenters. The molecule has 3 amide bonds. The first kappa shape index (κ1) is 15.2. The number of amides is 3. The third-order valence-corrected chi connectivity index (χ3v) is 3.55. The van der Waals surface area contributed by atoms with Crippen LogP contribution >= 0.6 is 0 Å². The minimum absolute atomic E-state index is 0.0478. The van der Waals surface area contributed by atoms with Gasteiger partial charge in [0.25, 0.3) is 0 Å². The van der Waals surface area contributed by atoms with Crippen molar-refractivity contribution in [1.29, 1.82) is 0 Å². The Bertz CT molecular complexity index is 494. The highest BCUT2D eigenvalue weighted by Crippen LogP contribution is 2.18. The SMILES string of the molecule is CN(CC(=O)N[C@H]1COC[C@H]1Cc1ccncc1)C(N)=O. The first-order chi connectivity index (χ1) is 10.1. The predicted molar refractivity (Wildman–Crippen MR) is 76.4 cm³/mol. The second-order valence-electron chi connectivity index (χ2n) is 5.23. The van der Waals surface area contributed by atoms with Crippen LogP contribution < -0.4 is 11.1 Å². The zero-order chi connectivity index (χ0) is 15.2. The number of hydrogen-bond acceptors (Lipinski definition) is 4. The normalized spacial score (nSPS) is 21.0. The van der Waals surface area contributed by atoms with Crippen molar-refractivity contribution in [2.45, 2.75) is 12.5 Å². The lowest BCUT2D eigenvalue weighted by atomic mass is 9.95. The smallest absolute Gasteiger partial charge is 0.314 e. The summed E-state index contributed by atoms with van der Waals surface area (Å²) >= 11 is 0. The van der Waals surface area contributed by atoms with Gasteiger partial charge in [-0.15, -0.1) is 0 Å². The molecule has 1 aromatic rings. The van der Waals surface area contributed by atoms with Gasteiger partial charge in [-0.25, -0.2) is 4.79 Å². The number of carbonyl (C=O) groups is 2. The van der Waals surface area contributed by atoms with Crippen LogP contribution in [0.2, 0.25) is 0 Å². The minimum atomic E-state index is -0.624. The van der Waals surface area contributed by atoms with E-state index < -0.39 is 6.03 Å².